The van der Waals surface area contributed by atoms with Crippen LogP contribution in [-0.4, -0.2) is 40.6 Å². The van der Waals surface area contributed by atoms with Gasteiger partial charge in [0.15, 0.2) is 0 Å². The fourth-order valence-corrected chi connectivity index (χ4v) is 3.04. The van der Waals surface area contributed by atoms with Gasteiger partial charge in [-0.05, 0) is 38.2 Å². The normalized spacial score (nSPS) is 19.4. The molecule has 1 fully saturated rings. The highest BCUT2D eigenvalue weighted by atomic mass is 32.1. The molecule has 1 aromatic carbocycles. The van der Waals surface area contributed by atoms with E-state index < -0.39 is 0 Å². The third kappa shape index (κ3) is 4.49. The number of ether oxygens (including phenoxy) is 1. The lowest BCUT2D eigenvalue weighted by molar-refractivity contribution is -0.528. The van der Waals surface area contributed by atoms with E-state index in [9.17, 15) is 0 Å². The number of hydrogen-bond donors (Lipinski definition) is 2. The Morgan fingerprint density at radius 1 is 1.32 bits per heavy atom. The minimum atomic E-state index is -0.386. The van der Waals surface area contributed by atoms with Crippen molar-refractivity contribution in [2.24, 2.45) is 5.41 Å². The van der Waals surface area contributed by atoms with Gasteiger partial charge in [-0.1, -0.05) is 39.0 Å². The van der Waals surface area contributed by atoms with Gasteiger partial charge in [0.25, 0.3) is 10.9 Å². The number of thiocarbonyl (C=S) groups is 1. The molecule has 6 heteroatoms. The van der Waals surface area contributed by atoms with Crippen LogP contribution in [0.25, 0.3) is 0 Å². The molecule has 2 N–H and O–H groups in total. The predicted octanol–water partition coefficient (Wildman–Crippen LogP) is 1.45. The second kappa shape index (κ2) is 7.40. The van der Waals surface area contributed by atoms with Gasteiger partial charge in [0, 0.05) is 5.41 Å². The summed E-state index contributed by atoms with van der Waals surface area (Å²) in [4.78, 5) is 5.47. The van der Waals surface area contributed by atoms with Gasteiger partial charge in [0.05, 0.1) is 6.07 Å². The van der Waals surface area contributed by atoms with E-state index in [1.54, 1.807) is 0 Å². The average Bonchev–Trinajstić information content (AvgIpc) is 2.74. The monoisotopic (exact) mass is 359 g/mol. The second-order valence-electron chi connectivity index (χ2n) is 7.80. The summed E-state index contributed by atoms with van der Waals surface area (Å²) in [6.45, 7) is 11.4. The Balaban J connectivity index is 2.23. The van der Waals surface area contributed by atoms with Crippen LogP contribution in [0.4, 0.5) is 0 Å². The Labute approximate surface area is 155 Å². The molecule has 1 atom stereocenters. The standard InChI is InChI=1S/C19H26N4OS/c1-18(2,3)15(13-24-14-9-7-6-8-10-14)21-16-19(4,5)23(12-11-20)17(25)22-16/h6-10,15H,12-13H2,1-5H3,(H,21,22,25)/p+1/t15-/m1/s1. The molecule has 0 aliphatic carbocycles. The molecule has 5 nitrogen and oxygen atoms in total. The summed E-state index contributed by atoms with van der Waals surface area (Å²) in [7, 11) is 0. The molecule has 134 valence electrons. The molecule has 0 amide bonds. The largest absolute Gasteiger partial charge is 0.489 e. The molecule has 1 saturated heterocycles. The summed E-state index contributed by atoms with van der Waals surface area (Å²) in [6.07, 6.45) is 0. The lowest BCUT2D eigenvalue weighted by Crippen LogP contribution is -2.88. The van der Waals surface area contributed by atoms with Gasteiger partial charge in [-0.25, -0.2) is 5.32 Å². The maximum absolute atomic E-state index is 9.06. The van der Waals surface area contributed by atoms with Gasteiger partial charge in [-0.2, -0.15) is 5.26 Å². The molecular weight excluding hydrogens is 332 g/mol. The predicted molar refractivity (Wildman–Crippen MR) is 103 cm³/mol. The summed E-state index contributed by atoms with van der Waals surface area (Å²) >= 11 is 5.39. The van der Waals surface area contributed by atoms with E-state index in [-0.39, 0.29) is 23.5 Å². The number of nitriles is 1. The van der Waals surface area contributed by atoms with E-state index in [4.69, 9.17) is 22.2 Å². The molecule has 0 radical (unpaired) electrons. The van der Waals surface area contributed by atoms with E-state index in [1.807, 2.05) is 35.2 Å². The van der Waals surface area contributed by atoms with Crippen molar-refractivity contribution in [3.8, 4) is 11.8 Å². The van der Waals surface area contributed by atoms with Crippen molar-refractivity contribution in [3.05, 3.63) is 30.3 Å². The topological polar surface area (TPSA) is 62.3 Å². The molecule has 0 saturated carbocycles. The van der Waals surface area contributed by atoms with Crippen LogP contribution in [0.3, 0.4) is 0 Å². The van der Waals surface area contributed by atoms with Gasteiger partial charge in [-0.15, -0.1) is 0 Å². The van der Waals surface area contributed by atoms with E-state index in [2.05, 4.69) is 51.0 Å². The van der Waals surface area contributed by atoms with Crippen molar-refractivity contribution in [2.45, 2.75) is 46.2 Å². The third-order valence-electron chi connectivity index (χ3n) is 4.52. The lowest BCUT2D eigenvalue weighted by atomic mass is 9.87. The van der Waals surface area contributed by atoms with Gasteiger partial charge < -0.3 is 4.74 Å². The number of para-hydroxylation sites is 1. The quantitative estimate of drug-likeness (QED) is 0.615. The Hall–Kier alpha value is -2.13. The first-order valence-electron chi connectivity index (χ1n) is 8.43. The zero-order chi connectivity index (χ0) is 18.7. The van der Waals surface area contributed by atoms with Crippen molar-refractivity contribution in [2.75, 3.05) is 13.2 Å². The molecule has 25 heavy (non-hydrogen) atoms. The number of hydrogen-bond acceptors (Lipinski definition) is 3. The fraction of sp³-hybridized carbons (Fsp3) is 0.526. The Bertz CT molecular complexity index is 686. The van der Waals surface area contributed by atoms with Gasteiger partial charge in [-0.3, -0.25) is 9.89 Å². The number of nitrogens with zero attached hydrogens (tertiary/aromatic N) is 2. The van der Waals surface area contributed by atoms with Crippen LogP contribution in [-0.2, 0) is 0 Å². The molecule has 0 aromatic heterocycles. The first kappa shape index (κ1) is 19.2. The van der Waals surface area contributed by atoms with Crippen LogP contribution < -0.4 is 15.0 Å². The molecule has 0 unspecified atom stereocenters. The smallest absolute Gasteiger partial charge is 0.275 e. The Morgan fingerprint density at radius 3 is 2.52 bits per heavy atom. The number of benzene rings is 1. The van der Waals surface area contributed by atoms with Crippen molar-refractivity contribution in [3.63, 3.8) is 0 Å². The molecule has 2 rings (SSSR count). The van der Waals surface area contributed by atoms with Gasteiger partial charge in [0.1, 0.15) is 30.5 Å². The van der Waals surface area contributed by atoms with Crippen molar-refractivity contribution < 1.29 is 9.73 Å². The SMILES string of the molecule is CC(C)(C)[C@@H](COc1ccccc1)[NH+]=C1NC(=S)N(CC#N)C1(C)C. The molecule has 1 aliphatic heterocycles. The first-order valence-corrected chi connectivity index (χ1v) is 8.84. The highest BCUT2D eigenvalue weighted by molar-refractivity contribution is 7.80. The average molecular weight is 360 g/mol. The highest BCUT2D eigenvalue weighted by Crippen LogP contribution is 2.21. The molecule has 0 bridgehead atoms. The van der Waals surface area contributed by atoms with Crippen molar-refractivity contribution in [1.82, 2.24) is 10.2 Å². The summed E-state index contributed by atoms with van der Waals surface area (Å²) in [5, 5.41) is 12.9. The van der Waals surface area contributed by atoms with Crippen LogP contribution >= 0.6 is 12.2 Å². The summed E-state index contributed by atoms with van der Waals surface area (Å²) in [5.41, 5.74) is -0.410. The summed E-state index contributed by atoms with van der Waals surface area (Å²) in [5.74, 6) is 1.76. The van der Waals surface area contributed by atoms with E-state index >= 15 is 0 Å². The van der Waals surface area contributed by atoms with Gasteiger partial charge >= 0.3 is 0 Å². The van der Waals surface area contributed by atoms with Crippen molar-refractivity contribution >= 4 is 23.2 Å². The van der Waals surface area contributed by atoms with Crippen LogP contribution in [0, 0.1) is 16.7 Å². The third-order valence-corrected chi connectivity index (χ3v) is 4.84. The molecule has 1 heterocycles. The maximum atomic E-state index is 9.06. The lowest BCUT2D eigenvalue weighted by Gasteiger charge is -2.28. The van der Waals surface area contributed by atoms with E-state index in [0.29, 0.717) is 11.7 Å². The zero-order valence-electron chi connectivity index (χ0n) is 15.6. The Kier molecular flexibility index (Phi) is 5.69. The van der Waals surface area contributed by atoms with Crippen molar-refractivity contribution in [1.29, 1.82) is 5.26 Å². The van der Waals surface area contributed by atoms with Crippen LogP contribution in [0.5, 0.6) is 5.75 Å². The molecule has 0 spiro atoms. The summed E-state index contributed by atoms with van der Waals surface area (Å²) < 4.78 is 5.97. The molecular formula is C19H27N4OS+. The van der Waals surface area contributed by atoms with E-state index in [1.165, 1.54) is 0 Å². The van der Waals surface area contributed by atoms with Crippen LogP contribution in [0.2, 0.25) is 0 Å². The van der Waals surface area contributed by atoms with Crippen LogP contribution in [0.15, 0.2) is 30.3 Å². The fourth-order valence-electron chi connectivity index (χ4n) is 2.65. The molecule has 1 aromatic rings. The minimum absolute atomic E-state index is 0.0240. The van der Waals surface area contributed by atoms with E-state index in [0.717, 1.165) is 11.6 Å². The second-order valence-corrected chi connectivity index (χ2v) is 8.18. The number of rotatable bonds is 5. The highest BCUT2D eigenvalue weighted by Gasteiger charge is 2.48. The number of nitrogens with one attached hydrogen (secondary N) is 2. The molecule has 1 aliphatic rings. The minimum Gasteiger partial charge on any atom is -0.489 e. The summed E-state index contributed by atoms with van der Waals surface area (Å²) in [6, 6.07) is 12.0. The zero-order valence-corrected chi connectivity index (χ0v) is 16.4. The number of amidine groups is 1. The maximum Gasteiger partial charge on any atom is 0.275 e. The van der Waals surface area contributed by atoms with Gasteiger partial charge in [0.2, 0.25) is 0 Å². The van der Waals surface area contributed by atoms with Crippen LogP contribution in [0.1, 0.15) is 34.6 Å². The first-order chi connectivity index (χ1) is 11.7. The Morgan fingerprint density at radius 2 is 1.96 bits per heavy atom.